The van der Waals surface area contributed by atoms with Gasteiger partial charge in [0.05, 0.1) is 6.61 Å². The van der Waals surface area contributed by atoms with E-state index < -0.39 is 14.9 Å². The second-order valence-corrected chi connectivity index (χ2v) is 6.64. The Morgan fingerprint density at radius 1 is 1.41 bits per heavy atom. The van der Waals surface area contributed by atoms with Gasteiger partial charge in [-0.25, -0.2) is 12.8 Å². The van der Waals surface area contributed by atoms with Gasteiger partial charge in [-0.05, 0) is 30.5 Å². The fourth-order valence-electron chi connectivity index (χ4n) is 1.53. The predicted molar refractivity (Wildman–Crippen MR) is 62.3 cm³/mol. The van der Waals surface area contributed by atoms with E-state index in [1.165, 1.54) is 18.9 Å². The summed E-state index contributed by atoms with van der Waals surface area (Å²) in [5.41, 5.74) is 0. The van der Waals surface area contributed by atoms with E-state index in [1.807, 2.05) is 0 Å². The lowest BCUT2D eigenvalue weighted by molar-refractivity contribution is 0.294. The highest BCUT2D eigenvalue weighted by molar-refractivity contribution is 8.13. The monoisotopic (exact) mass is 278 g/mol. The molecule has 0 atom stereocenters. The van der Waals surface area contributed by atoms with Crippen LogP contribution in [0.15, 0.2) is 23.1 Å². The van der Waals surface area contributed by atoms with Crippen LogP contribution < -0.4 is 4.74 Å². The van der Waals surface area contributed by atoms with Crippen LogP contribution in [0.5, 0.6) is 5.75 Å². The van der Waals surface area contributed by atoms with Crippen molar-refractivity contribution >= 4 is 19.7 Å². The molecule has 0 spiro atoms. The molecule has 6 heteroatoms. The van der Waals surface area contributed by atoms with Crippen LogP contribution >= 0.6 is 10.7 Å². The fourth-order valence-corrected chi connectivity index (χ4v) is 2.52. The topological polar surface area (TPSA) is 43.4 Å². The Hall–Kier alpha value is -0.810. The molecule has 1 fully saturated rings. The van der Waals surface area contributed by atoms with Crippen LogP contribution in [0.4, 0.5) is 4.39 Å². The van der Waals surface area contributed by atoms with Gasteiger partial charge in [0, 0.05) is 10.7 Å². The van der Waals surface area contributed by atoms with E-state index >= 15 is 0 Å². The summed E-state index contributed by atoms with van der Waals surface area (Å²) in [7, 11) is 1.23. The Balaban J connectivity index is 2.13. The molecule has 0 aliphatic heterocycles. The minimum atomic E-state index is -3.98. The van der Waals surface area contributed by atoms with Gasteiger partial charge >= 0.3 is 0 Å². The Bertz CT molecular complexity index is 511. The highest BCUT2D eigenvalue weighted by Gasteiger charge is 2.22. The third-order valence-electron chi connectivity index (χ3n) is 2.65. The van der Waals surface area contributed by atoms with Crippen LogP contribution in [0.2, 0.25) is 0 Å². The van der Waals surface area contributed by atoms with Crippen molar-refractivity contribution in [2.24, 2.45) is 5.92 Å². The van der Waals surface area contributed by atoms with Crippen molar-refractivity contribution in [3.63, 3.8) is 0 Å². The van der Waals surface area contributed by atoms with Gasteiger partial charge in [0.25, 0.3) is 9.05 Å². The molecule has 0 radical (unpaired) electrons. The van der Waals surface area contributed by atoms with Crippen molar-refractivity contribution in [2.75, 3.05) is 6.61 Å². The number of benzene rings is 1. The van der Waals surface area contributed by atoms with Gasteiger partial charge in [-0.15, -0.1) is 0 Å². The molecule has 1 aromatic carbocycles. The van der Waals surface area contributed by atoms with Crippen molar-refractivity contribution in [1.82, 2.24) is 0 Å². The molecule has 0 unspecified atom stereocenters. The zero-order valence-electron chi connectivity index (χ0n) is 9.03. The lowest BCUT2D eigenvalue weighted by Gasteiger charge is -2.09. The van der Waals surface area contributed by atoms with Gasteiger partial charge in [0.2, 0.25) is 0 Å². The summed E-state index contributed by atoms with van der Waals surface area (Å²) >= 11 is 0. The van der Waals surface area contributed by atoms with E-state index in [-0.39, 0.29) is 10.6 Å². The van der Waals surface area contributed by atoms with Crippen molar-refractivity contribution in [3.05, 3.63) is 24.0 Å². The zero-order chi connectivity index (χ0) is 12.5. The molecule has 0 heterocycles. The first-order chi connectivity index (χ1) is 7.97. The van der Waals surface area contributed by atoms with Crippen LogP contribution in [0.3, 0.4) is 0 Å². The third-order valence-corrected chi connectivity index (χ3v) is 3.99. The number of halogens is 2. The van der Waals surface area contributed by atoms with Crippen molar-refractivity contribution in [2.45, 2.75) is 24.2 Å². The maximum atomic E-state index is 13.0. The van der Waals surface area contributed by atoms with Gasteiger partial charge in [-0.3, -0.25) is 0 Å². The molecule has 1 aliphatic carbocycles. The van der Waals surface area contributed by atoms with Crippen molar-refractivity contribution < 1.29 is 17.5 Å². The highest BCUT2D eigenvalue weighted by Crippen LogP contribution is 2.33. The maximum absolute atomic E-state index is 13.0. The molecule has 0 aromatic heterocycles. The molecule has 0 N–H and O–H groups in total. The Morgan fingerprint density at radius 3 is 2.71 bits per heavy atom. The first-order valence-corrected chi connectivity index (χ1v) is 7.65. The number of hydrogen-bond acceptors (Lipinski definition) is 3. The molecule has 0 saturated heterocycles. The quantitative estimate of drug-likeness (QED) is 0.778. The number of hydrogen-bond donors (Lipinski definition) is 0. The average molecular weight is 279 g/mol. The molecule has 3 nitrogen and oxygen atoms in total. The smallest absolute Gasteiger partial charge is 0.265 e. The molecule has 0 amide bonds. The Kier molecular flexibility index (Phi) is 3.58. The van der Waals surface area contributed by atoms with Gasteiger partial charge in [-0.2, -0.15) is 0 Å². The first-order valence-electron chi connectivity index (χ1n) is 5.34. The standard InChI is InChI=1S/C11H12ClFO3S/c12-17(14,15)11-7-9(13)3-4-10(11)16-6-5-8-1-2-8/h3-4,7-8H,1-2,5-6H2. The summed E-state index contributed by atoms with van der Waals surface area (Å²) < 4.78 is 40.8. The van der Waals surface area contributed by atoms with E-state index in [0.717, 1.165) is 18.6 Å². The second-order valence-electron chi connectivity index (χ2n) is 4.11. The van der Waals surface area contributed by atoms with Crippen LogP contribution in [-0.2, 0) is 9.05 Å². The largest absolute Gasteiger partial charge is 0.492 e. The molecular weight excluding hydrogens is 267 g/mol. The Morgan fingerprint density at radius 2 is 2.12 bits per heavy atom. The van der Waals surface area contributed by atoms with E-state index in [0.29, 0.717) is 12.5 Å². The van der Waals surface area contributed by atoms with Crippen molar-refractivity contribution in [3.8, 4) is 5.75 Å². The molecule has 1 saturated carbocycles. The van der Waals surface area contributed by atoms with E-state index in [9.17, 15) is 12.8 Å². The molecule has 94 valence electrons. The minimum absolute atomic E-state index is 0.113. The van der Waals surface area contributed by atoms with E-state index in [4.69, 9.17) is 15.4 Å². The summed E-state index contributed by atoms with van der Waals surface area (Å²) in [4.78, 5) is -0.310. The summed E-state index contributed by atoms with van der Waals surface area (Å²) in [6, 6.07) is 3.31. The molecule has 1 aliphatic rings. The Labute approximate surface area is 104 Å². The highest BCUT2D eigenvalue weighted by atomic mass is 35.7. The fraction of sp³-hybridized carbons (Fsp3) is 0.455. The van der Waals surface area contributed by atoms with Crippen LogP contribution in [0, 0.1) is 11.7 Å². The normalized spacial score (nSPS) is 15.9. The van der Waals surface area contributed by atoms with E-state index in [1.54, 1.807) is 0 Å². The van der Waals surface area contributed by atoms with Gasteiger partial charge in [0.15, 0.2) is 0 Å². The minimum Gasteiger partial charge on any atom is -0.492 e. The van der Waals surface area contributed by atoms with Crippen LogP contribution in [0.25, 0.3) is 0 Å². The summed E-state index contributed by atoms with van der Waals surface area (Å²) in [6.45, 7) is 0.426. The lowest BCUT2D eigenvalue weighted by Crippen LogP contribution is -2.03. The number of rotatable bonds is 5. The van der Waals surface area contributed by atoms with Crippen LogP contribution in [0.1, 0.15) is 19.3 Å². The maximum Gasteiger partial charge on any atom is 0.265 e. The van der Waals surface area contributed by atoms with Crippen molar-refractivity contribution in [1.29, 1.82) is 0 Å². The van der Waals surface area contributed by atoms with E-state index in [2.05, 4.69) is 0 Å². The summed E-state index contributed by atoms with van der Waals surface area (Å²) in [5.74, 6) is 0.146. The SMILES string of the molecule is O=S(=O)(Cl)c1cc(F)ccc1OCCC1CC1. The second kappa shape index (κ2) is 4.82. The molecule has 0 bridgehead atoms. The molecule has 2 rings (SSSR count). The molecule has 17 heavy (non-hydrogen) atoms. The van der Waals surface area contributed by atoms with Gasteiger partial charge in [0.1, 0.15) is 16.5 Å². The summed E-state index contributed by atoms with van der Waals surface area (Å²) in [5, 5.41) is 0. The molecular formula is C11H12ClFO3S. The van der Waals surface area contributed by atoms with Gasteiger partial charge < -0.3 is 4.74 Å². The predicted octanol–water partition coefficient (Wildman–Crippen LogP) is 2.93. The lowest BCUT2D eigenvalue weighted by atomic mass is 10.3. The average Bonchev–Trinajstić information content (AvgIpc) is 3.02. The third kappa shape index (κ3) is 3.57. The molecule has 1 aromatic rings. The zero-order valence-corrected chi connectivity index (χ0v) is 10.6. The summed E-state index contributed by atoms with van der Waals surface area (Å²) in [6.07, 6.45) is 3.29. The first kappa shape index (κ1) is 12.6. The van der Waals surface area contributed by atoms with Crippen LogP contribution in [-0.4, -0.2) is 15.0 Å². The van der Waals surface area contributed by atoms with Gasteiger partial charge in [-0.1, -0.05) is 12.8 Å². The number of ether oxygens (including phenoxy) is 1.